The lowest BCUT2D eigenvalue weighted by Gasteiger charge is -2.42. The summed E-state index contributed by atoms with van der Waals surface area (Å²) < 4.78 is 5.54. The molecule has 0 amide bonds. The fraction of sp³-hybridized carbons (Fsp3) is 0.706. The van der Waals surface area contributed by atoms with Gasteiger partial charge in [0.1, 0.15) is 5.75 Å². The van der Waals surface area contributed by atoms with Crippen molar-refractivity contribution in [2.75, 3.05) is 13.7 Å². The third kappa shape index (κ3) is 2.69. The number of pyridine rings is 1. The Hall–Kier alpha value is -1.09. The summed E-state index contributed by atoms with van der Waals surface area (Å²) in [5.74, 6) is 1.01. The van der Waals surface area contributed by atoms with E-state index in [0.717, 1.165) is 30.3 Å². The lowest BCUT2D eigenvalue weighted by molar-refractivity contribution is 0.127. The molecule has 1 heterocycles. The van der Waals surface area contributed by atoms with Gasteiger partial charge in [-0.3, -0.25) is 4.98 Å². The van der Waals surface area contributed by atoms with Crippen LogP contribution in [0.2, 0.25) is 0 Å². The van der Waals surface area contributed by atoms with Crippen LogP contribution < -0.4 is 10.1 Å². The molecule has 0 bridgehead atoms. The van der Waals surface area contributed by atoms with Crippen LogP contribution in [0.15, 0.2) is 6.20 Å². The maximum absolute atomic E-state index is 5.54. The molecule has 2 saturated carbocycles. The number of ether oxygens (including phenoxy) is 1. The van der Waals surface area contributed by atoms with Crippen LogP contribution in [0.3, 0.4) is 0 Å². The Morgan fingerprint density at radius 2 is 2.10 bits per heavy atom. The maximum atomic E-state index is 5.54. The topological polar surface area (TPSA) is 34.1 Å². The summed E-state index contributed by atoms with van der Waals surface area (Å²) in [4.78, 5) is 4.69. The lowest BCUT2D eigenvalue weighted by Crippen LogP contribution is -2.42. The molecule has 1 aromatic rings. The molecule has 0 spiro atoms. The van der Waals surface area contributed by atoms with E-state index in [9.17, 15) is 0 Å². The normalized spacial score (nSPS) is 20.6. The first-order valence-electron chi connectivity index (χ1n) is 7.86. The van der Waals surface area contributed by atoms with Gasteiger partial charge in [0.2, 0.25) is 0 Å². The Morgan fingerprint density at radius 3 is 2.65 bits per heavy atom. The molecule has 3 rings (SSSR count). The van der Waals surface area contributed by atoms with Gasteiger partial charge in [-0.25, -0.2) is 0 Å². The predicted octanol–water partition coefficient (Wildman–Crippen LogP) is 3.17. The van der Waals surface area contributed by atoms with Crippen molar-refractivity contribution in [2.24, 2.45) is 5.41 Å². The van der Waals surface area contributed by atoms with Crippen molar-refractivity contribution in [1.82, 2.24) is 10.3 Å². The van der Waals surface area contributed by atoms with E-state index in [1.165, 1.54) is 43.4 Å². The Kier molecular flexibility index (Phi) is 3.72. The van der Waals surface area contributed by atoms with Gasteiger partial charge >= 0.3 is 0 Å². The van der Waals surface area contributed by atoms with E-state index < -0.39 is 0 Å². The number of methoxy groups -OCH3 is 1. The maximum Gasteiger partial charge on any atom is 0.128 e. The van der Waals surface area contributed by atoms with Crippen LogP contribution in [0.4, 0.5) is 0 Å². The van der Waals surface area contributed by atoms with E-state index in [-0.39, 0.29) is 0 Å². The van der Waals surface area contributed by atoms with Gasteiger partial charge in [0, 0.05) is 35.6 Å². The monoisotopic (exact) mass is 274 g/mol. The first kappa shape index (κ1) is 13.9. The van der Waals surface area contributed by atoms with Gasteiger partial charge in [-0.1, -0.05) is 6.42 Å². The molecule has 2 aliphatic carbocycles. The molecule has 0 saturated heterocycles. The largest absolute Gasteiger partial charge is 0.496 e. The van der Waals surface area contributed by atoms with Gasteiger partial charge in [-0.05, 0) is 51.4 Å². The lowest BCUT2D eigenvalue weighted by atomic mass is 9.65. The van der Waals surface area contributed by atoms with Crippen LogP contribution in [0, 0.1) is 19.3 Å². The predicted molar refractivity (Wildman–Crippen MR) is 81.3 cm³/mol. The van der Waals surface area contributed by atoms with Crippen LogP contribution >= 0.6 is 0 Å². The molecule has 0 unspecified atom stereocenters. The van der Waals surface area contributed by atoms with E-state index >= 15 is 0 Å². The number of nitrogens with one attached hydrogen (secondary N) is 1. The van der Waals surface area contributed by atoms with Crippen molar-refractivity contribution in [3.05, 3.63) is 23.0 Å². The van der Waals surface area contributed by atoms with Gasteiger partial charge in [-0.2, -0.15) is 0 Å². The highest BCUT2D eigenvalue weighted by atomic mass is 16.5. The minimum Gasteiger partial charge on any atom is -0.496 e. The molecule has 2 aliphatic rings. The Bertz CT molecular complexity index is 490. The quantitative estimate of drug-likeness (QED) is 0.865. The number of aryl methyl sites for hydroxylation is 1. The molecule has 3 nitrogen and oxygen atoms in total. The van der Waals surface area contributed by atoms with Gasteiger partial charge in [0.05, 0.1) is 7.11 Å². The van der Waals surface area contributed by atoms with Crippen LogP contribution in [-0.2, 0) is 6.42 Å². The van der Waals surface area contributed by atoms with Crippen molar-refractivity contribution >= 4 is 0 Å². The van der Waals surface area contributed by atoms with Crippen molar-refractivity contribution in [2.45, 2.75) is 58.4 Å². The summed E-state index contributed by atoms with van der Waals surface area (Å²) in [6, 6.07) is 0.800. The molecule has 20 heavy (non-hydrogen) atoms. The molecule has 0 atom stereocenters. The second-order valence-electron chi connectivity index (χ2n) is 6.73. The first-order valence-corrected chi connectivity index (χ1v) is 7.86. The molecule has 1 N–H and O–H groups in total. The summed E-state index contributed by atoms with van der Waals surface area (Å²) >= 11 is 0. The van der Waals surface area contributed by atoms with Gasteiger partial charge in [-0.15, -0.1) is 0 Å². The number of hydrogen-bond donors (Lipinski definition) is 1. The zero-order valence-corrected chi connectivity index (χ0v) is 13.0. The standard InChI is InChI=1S/C17H26N2O/c1-12-10-18-15(13(2)16(12)20-3)9-17(7-4-8-17)11-19-14-5-6-14/h10,14,19H,4-9,11H2,1-3H3. The zero-order chi connectivity index (χ0) is 14.2. The summed E-state index contributed by atoms with van der Waals surface area (Å²) in [5, 5.41) is 3.72. The number of nitrogens with zero attached hydrogens (tertiary/aromatic N) is 1. The molecule has 0 radical (unpaired) electrons. The molecular weight excluding hydrogens is 248 g/mol. The average Bonchev–Trinajstić information content (AvgIpc) is 3.20. The van der Waals surface area contributed by atoms with Crippen LogP contribution in [0.1, 0.15) is 48.9 Å². The number of aromatic nitrogens is 1. The minimum atomic E-state index is 0.445. The SMILES string of the molecule is COc1c(C)cnc(CC2(CNC3CC3)CCC2)c1C. The molecule has 3 heteroatoms. The second kappa shape index (κ2) is 5.36. The Labute approximate surface area is 122 Å². The minimum absolute atomic E-state index is 0.445. The molecule has 110 valence electrons. The highest BCUT2D eigenvalue weighted by Crippen LogP contribution is 2.44. The molecule has 0 aliphatic heterocycles. The molecule has 0 aromatic carbocycles. The van der Waals surface area contributed by atoms with E-state index in [1.54, 1.807) is 7.11 Å². The zero-order valence-electron chi connectivity index (χ0n) is 13.0. The summed E-state index contributed by atoms with van der Waals surface area (Å²) in [7, 11) is 1.76. The smallest absolute Gasteiger partial charge is 0.128 e. The van der Waals surface area contributed by atoms with E-state index in [2.05, 4.69) is 24.1 Å². The van der Waals surface area contributed by atoms with E-state index in [0.29, 0.717) is 5.41 Å². The van der Waals surface area contributed by atoms with Gasteiger partial charge in [0.25, 0.3) is 0 Å². The molecule has 2 fully saturated rings. The fourth-order valence-corrected chi connectivity index (χ4v) is 3.35. The van der Waals surface area contributed by atoms with Crippen molar-refractivity contribution in [3.63, 3.8) is 0 Å². The van der Waals surface area contributed by atoms with Crippen molar-refractivity contribution in [3.8, 4) is 5.75 Å². The Balaban J connectivity index is 1.75. The molecular formula is C17H26N2O. The van der Waals surface area contributed by atoms with Crippen LogP contribution in [0.25, 0.3) is 0 Å². The van der Waals surface area contributed by atoms with Crippen molar-refractivity contribution < 1.29 is 4.74 Å². The van der Waals surface area contributed by atoms with Crippen LogP contribution in [-0.4, -0.2) is 24.7 Å². The summed E-state index contributed by atoms with van der Waals surface area (Å²) in [6.45, 7) is 5.38. The van der Waals surface area contributed by atoms with Gasteiger partial charge < -0.3 is 10.1 Å². The third-order valence-electron chi connectivity index (χ3n) is 5.05. The van der Waals surface area contributed by atoms with Crippen LogP contribution in [0.5, 0.6) is 5.75 Å². The number of rotatable bonds is 6. The van der Waals surface area contributed by atoms with Gasteiger partial charge in [0.15, 0.2) is 0 Å². The molecule has 1 aromatic heterocycles. The highest BCUT2D eigenvalue weighted by Gasteiger charge is 2.39. The number of hydrogen-bond acceptors (Lipinski definition) is 3. The van der Waals surface area contributed by atoms with E-state index in [1.807, 2.05) is 6.20 Å². The highest BCUT2D eigenvalue weighted by molar-refractivity contribution is 5.41. The average molecular weight is 274 g/mol. The summed E-state index contributed by atoms with van der Waals surface area (Å²) in [5.41, 5.74) is 4.03. The second-order valence-corrected chi connectivity index (χ2v) is 6.73. The summed E-state index contributed by atoms with van der Waals surface area (Å²) in [6.07, 6.45) is 9.83. The fourth-order valence-electron chi connectivity index (χ4n) is 3.35. The third-order valence-corrected chi connectivity index (χ3v) is 5.05. The van der Waals surface area contributed by atoms with Crippen molar-refractivity contribution in [1.29, 1.82) is 0 Å². The van der Waals surface area contributed by atoms with E-state index in [4.69, 9.17) is 4.74 Å². The first-order chi connectivity index (χ1) is 9.63. The Morgan fingerprint density at radius 1 is 1.35 bits per heavy atom.